The molecule has 26 heavy (non-hydrogen) atoms. The van der Waals surface area contributed by atoms with Crippen LogP contribution in [0.25, 0.3) is 0 Å². The Morgan fingerprint density at radius 1 is 0.923 bits per heavy atom. The van der Waals surface area contributed by atoms with Crippen LogP contribution in [-0.2, 0) is 13.1 Å². The molecular formula is C19H19N5O2. The molecule has 0 aliphatic heterocycles. The molecule has 0 spiro atoms. The van der Waals surface area contributed by atoms with E-state index in [2.05, 4.69) is 25.8 Å². The van der Waals surface area contributed by atoms with E-state index in [1.54, 1.807) is 31.6 Å². The van der Waals surface area contributed by atoms with Crippen molar-refractivity contribution in [2.45, 2.75) is 13.1 Å². The molecule has 0 fully saturated rings. The van der Waals surface area contributed by atoms with E-state index >= 15 is 0 Å². The largest absolute Gasteiger partial charge is 0.497 e. The summed E-state index contributed by atoms with van der Waals surface area (Å²) in [6.45, 7) is 1.02. The minimum Gasteiger partial charge on any atom is -0.497 e. The third-order valence-corrected chi connectivity index (χ3v) is 3.73. The third kappa shape index (κ3) is 4.76. The van der Waals surface area contributed by atoms with E-state index in [4.69, 9.17) is 4.74 Å². The number of carbonyl (C=O) groups is 1. The smallest absolute Gasteiger partial charge is 0.272 e. The Morgan fingerprint density at radius 2 is 1.65 bits per heavy atom. The van der Waals surface area contributed by atoms with Crippen LogP contribution in [0.3, 0.4) is 0 Å². The van der Waals surface area contributed by atoms with E-state index in [1.807, 2.05) is 36.4 Å². The number of carbonyl (C=O) groups excluding carboxylic acids is 1. The summed E-state index contributed by atoms with van der Waals surface area (Å²) in [5, 5.41) is 14.0. The molecule has 132 valence electrons. The van der Waals surface area contributed by atoms with Crippen molar-refractivity contribution in [2.75, 3.05) is 12.4 Å². The molecular weight excluding hydrogens is 330 g/mol. The maximum atomic E-state index is 12.2. The molecule has 3 rings (SSSR count). The molecule has 0 aliphatic rings. The van der Waals surface area contributed by atoms with Gasteiger partial charge < -0.3 is 15.4 Å². The molecule has 0 aliphatic carbocycles. The van der Waals surface area contributed by atoms with E-state index in [1.165, 1.54) is 0 Å². The molecule has 2 aromatic heterocycles. The Labute approximate surface area is 151 Å². The lowest BCUT2D eigenvalue weighted by molar-refractivity contribution is 0.0945. The maximum absolute atomic E-state index is 12.2. The summed E-state index contributed by atoms with van der Waals surface area (Å²) in [5.74, 6) is 1.11. The fourth-order valence-electron chi connectivity index (χ4n) is 2.26. The molecule has 0 atom stereocenters. The number of nitrogens with zero attached hydrogens (tertiary/aromatic N) is 3. The minimum absolute atomic E-state index is 0.269. The van der Waals surface area contributed by atoms with Gasteiger partial charge >= 0.3 is 0 Å². The molecule has 1 amide bonds. The highest BCUT2D eigenvalue weighted by Gasteiger charge is 2.08. The summed E-state index contributed by atoms with van der Waals surface area (Å²) in [4.78, 5) is 16.1. The number of methoxy groups -OCH3 is 1. The molecule has 2 N–H and O–H groups in total. The van der Waals surface area contributed by atoms with Gasteiger partial charge in [0.1, 0.15) is 11.6 Å². The van der Waals surface area contributed by atoms with Gasteiger partial charge in [-0.1, -0.05) is 12.1 Å². The van der Waals surface area contributed by atoms with Crippen LogP contribution in [0.2, 0.25) is 0 Å². The van der Waals surface area contributed by atoms with Crippen LogP contribution in [0.5, 0.6) is 5.75 Å². The fraction of sp³-hybridized carbons (Fsp3) is 0.158. The zero-order valence-electron chi connectivity index (χ0n) is 14.3. The maximum Gasteiger partial charge on any atom is 0.272 e. The first-order valence-electron chi connectivity index (χ1n) is 8.12. The first-order valence-corrected chi connectivity index (χ1v) is 8.12. The molecule has 0 unspecified atom stereocenters. The normalized spacial score (nSPS) is 10.2. The number of hydrogen-bond acceptors (Lipinski definition) is 6. The summed E-state index contributed by atoms with van der Waals surface area (Å²) in [6, 6.07) is 14.7. The number of rotatable bonds is 7. The van der Waals surface area contributed by atoms with Gasteiger partial charge in [-0.2, -0.15) is 0 Å². The van der Waals surface area contributed by atoms with Gasteiger partial charge in [0.15, 0.2) is 5.69 Å². The van der Waals surface area contributed by atoms with Crippen molar-refractivity contribution in [3.05, 3.63) is 77.7 Å². The first-order chi connectivity index (χ1) is 12.7. The SMILES string of the molecule is COc1ccc(CNC(=O)c2ccc(NCc3ccncc3)nn2)cc1. The zero-order chi connectivity index (χ0) is 18.2. The second-order valence-corrected chi connectivity index (χ2v) is 5.54. The van der Waals surface area contributed by atoms with Gasteiger partial charge in [-0.25, -0.2) is 0 Å². The van der Waals surface area contributed by atoms with E-state index < -0.39 is 0 Å². The second kappa shape index (κ2) is 8.57. The Morgan fingerprint density at radius 3 is 2.31 bits per heavy atom. The average Bonchev–Trinajstić information content (AvgIpc) is 2.72. The second-order valence-electron chi connectivity index (χ2n) is 5.54. The molecule has 0 saturated carbocycles. The van der Waals surface area contributed by atoms with Gasteiger partial charge in [0.2, 0.25) is 0 Å². The van der Waals surface area contributed by atoms with E-state index in [0.717, 1.165) is 16.9 Å². The zero-order valence-corrected chi connectivity index (χ0v) is 14.3. The summed E-state index contributed by atoms with van der Waals surface area (Å²) in [6.07, 6.45) is 3.47. The Bertz CT molecular complexity index is 836. The number of hydrogen-bond donors (Lipinski definition) is 2. The van der Waals surface area contributed by atoms with Crippen LogP contribution >= 0.6 is 0 Å². The van der Waals surface area contributed by atoms with Gasteiger partial charge in [0.25, 0.3) is 5.91 Å². The number of anilines is 1. The number of ether oxygens (including phenoxy) is 1. The van der Waals surface area contributed by atoms with Crippen molar-refractivity contribution in [2.24, 2.45) is 0 Å². The molecule has 0 saturated heterocycles. The van der Waals surface area contributed by atoms with Crippen molar-refractivity contribution >= 4 is 11.7 Å². The summed E-state index contributed by atoms with van der Waals surface area (Å²) < 4.78 is 5.11. The molecule has 2 heterocycles. The lowest BCUT2D eigenvalue weighted by atomic mass is 10.2. The molecule has 3 aromatic rings. The number of amides is 1. The molecule has 0 radical (unpaired) electrons. The number of benzene rings is 1. The standard InChI is InChI=1S/C19H19N5O2/c1-26-16-4-2-14(3-5-16)13-22-19(25)17-6-7-18(24-23-17)21-12-15-8-10-20-11-9-15/h2-11H,12-13H2,1H3,(H,21,24)(H,22,25). The van der Waals surface area contributed by atoms with Crippen LogP contribution in [0.15, 0.2) is 60.9 Å². The van der Waals surface area contributed by atoms with Crippen molar-refractivity contribution in [3.8, 4) is 5.75 Å². The van der Waals surface area contributed by atoms with Crippen molar-refractivity contribution in [1.29, 1.82) is 0 Å². The number of pyridine rings is 1. The van der Waals surface area contributed by atoms with Gasteiger partial charge in [0.05, 0.1) is 7.11 Å². The van der Waals surface area contributed by atoms with Gasteiger partial charge in [-0.15, -0.1) is 10.2 Å². The van der Waals surface area contributed by atoms with Crippen LogP contribution in [0, 0.1) is 0 Å². The highest BCUT2D eigenvalue weighted by atomic mass is 16.5. The van der Waals surface area contributed by atoms with Crippen molar-refractivity contribution in [1.82, 2.24) is 20.5 Å². The van der Waals surface area contributed by atoms with Gasteiger partial charge in [0, 0.05) is 25.5 Å². The molecule has 0 bridgehead atoms. The van der Waals surface area contributed by atoms with E-state index in [0.29, 0.717) is 18.9 Å². The van der Waals surface area contributed by atoms with Crippen molar-refractivity contribution in [3.63, 3.8) is 0 Å². The quantitative estimate of drug-likeness (QED) is 0.681. The monoisotopic (exact) mass is 349 g/mol. The Balaban J connectivity index is 1.51. The van der Waals surface area contributed by atoms with Gasteiger partial charge in [-0.05, 0) is 47.5 Å². The van der Waals surface area contributed by atoms with Crippen LogP contribution in [-0.4, -0.2) is 28.2 Å². The topological polar surface area (TPSA) is 89.0 Å². The average molecular weight is 349 g/mol. The van der Waals surface area contributed by atoms with Crippen LogP contribution in [0.4, 0.5) is 5.82 Å². The van der Waals surface area contributed by atoms with Gasteiger partial charge in [-0.3, -0.25) is 9.78 Å². The first kappa shape index (κ1) is 17.3. The summed E-state index contributed by atoms with van der Waals surface area (Å²) >= 11 is 0. The molecule has 1 aromatic carbocycles. The Kier molecular flexibility index (Phi) is 5.72. The minimum atomic E-state index is -0.269. The number of aromatic nitrogens is 3. The van der Waals surface area contributed by atoms with E-state index in [9.17, 15) is 4.79 Å². The highest BCUT2D eigenvalue weighted by Crippen LogP contribution is 2.11. The Hall–Kier alpha value is -3.48. The molecule has 7 heteroatoms. The predicted octanol–water partition coefficient (Wildman–Crippen LogP) is 2.42. The highest BCUT2D eigenvalue weighted by molar-refractivity contribution is 5.92. The van der Waals surface area contributed by atoms with E-state index in [-0.39, 0.29) is 11.6 Å². The molecule has 7 nitrogen and oxygen atoms in total. The van der Waals surface area contributed by atoms with Crippen LogP contribution in [0.1, 0.15) is 21.6 Å². The summed E-state index contributed by atoms with van der Waals surface area (Å²) in [5.41, 5.74) is 2.33. The summed E-state index contributed by atoms with van der Waals surface area (Å²) in [7, 11) is 1.62. The third-order valence-electron chi connectivity index (χ3n) is 3.73. The fourth-order valence-corrected chi connectivity index (χ4v) is 2.26. The number of nitrogens with one attached hydrogen (secondary N) is 2. The lowest BCUT2D eigenvalue weighted by Crippen LogP contribution is -2.24. The van der Waals surface area contributed by atoms with Crippen molar-refractivity contribution < 1.29 is 9.53 Å². The predicted molar refractivity (Wildman–Crippen MR) is 97.8 cm³/mol. The van der Waals surface area contributed by atoms with Crippen LogP contribution < -0.4 is 15.4 Å². The lowest BCUT2D eigenvalue weighted by Gasteiger charge is -2.07.